The molecule has 42 heavy (non-hydrogen) atoms. The average molecular weight is 572 g/mol. The maximum atomic E-state index is 8.93. The van der Waals surface area contributed by atoms with Crippen LogP contribution in [0.25, 0.3) is 38.3 Å². The number of benzene rings is 5. The number of aromatic nitrogens is 1. The Kier molecular flexibility index (Phi) is 4.05. The van der Waals surface area contributed by atoms with Gasteiger partial charge in [-0.25, -0.2) is 4.58 Å². The van der Waals surface area contributed by atoms with E-state index in [0.29, 0.717) is 5.69 Å². The monoisotopic (exact) mass is 571 g/mol. The summed E-state index contributed by atoms with van der Waals surface area (Å²) < 4.78 is 73.0. The predicted octanol–water partition coefficient (Wildman–Crippen LogP) is 9.76. The minimum atomic E-state index is -0.444. The quantitative estimate of drug-likeness (QED) is 0.188. The molecule has 2 nitrogen and oxygen atoms in total. The maximum absolute atomic E-state index is 8.93. The molecule has 0 fully saturated rings. The second kappa shape index (κ2) is 9.21. The zero-order valence-electron chi connectivity index (χ0n) is 32.2. The van der Waals surface area contributed by atoms with Crippen LogP contribution < -0.4 is 0 Å². The molecule has 2 atom stereocenters. The number of hydrogen-bond acceptors (Lipinski definition) is 1. The smallest absolute Gasteiger partial charge is 0.203 e. The fourth-order valence-corrected chi connectivity index (χ4v) is 8.32. The molecular formula is C39H35N2S+. The van der Waals surface area contributed by atoms with Crippen molar-refractivity contribution in [1.82, 2.24) is 4.57 Å². The molecule has 0 bridgehead atoms. The van der Waals surface area contributed by atoms with Gasteiger partial charge in [-0.15, -0.1) is 11.8 Å². The molecule has 0 N–H and O–H groups in total. The molecule has 0 radical (unpaired) electrons. The molecular weight excluding hydrogens is 529 g/mol. The second-order valence-corrected chi connectivity index (χ2v) is 13.5. The van der Waals surface area contributed by atoms with Crippen LogP contribution in [0.2, 0.25) is 0 Å². The number of fused-ring (bicyclic) bond motifs is 7. The van der Waals surface area contributed by atoms with Crippen molar-refractivity contribution in [3.05, 3.63) is 131 Å². The van der Waals surface area contributed by atoms with E-state index >= 15 is 0 Å². The highest BCUT2D eigenvalue weighted by Crippen LogP contribution is 2.50. The molecule has 0 saturated carbocycles. The number of hydrogen-bond donors (Lipinski definition) is 0. The third-order valence-corrected chi connectivity index (χ3v) is 10.2. The molecule has 0 saturated heterocycles. The van der Waals surface area contributed by atoms with E-state index in [0.717, 1.165) is 10.5 Å². The molecule has 0 spiro atoms. The molecule has 6 aromatic rings. The van der Waals surface area contributed by atoms with E-state index < -0.39 is 24.2 Å². The highest BCUT2D eigenvalue weighted by molar-refractivity contribution is 8.01. The lowest BCUT2D eigenvalue weighted by atomic mass is 9.79. The van der Waals surface area contributed by atoms with Gasteiger partial charge in [-0.1, -0.05) is 81.3 Å². The first-order valence-electron chi connectivity index (χ1n) is 18.3. The summed E-state index contributed by atoms with van der Waals surface area (Å²) in [6.45, 7) is 8.96. The lowest BCUT2D eigenvalue weighted by Gasteiger charge is -2.26. The van der Waals surface area contributed by atoms with Crippen molar-refractivity contribution in [2.75, 3.05) is 7.05 Å². The third-order valence-electron chi connectivity index (χ3n) is 8.79. The van der Waals surface area contributed by atoms with Gasteiger partial charge < -0.3 is 4.57 Å². The van der Waals surface area contributed by atoms with E-state index in [1.807, 2.05) is 18.2 Å². The predicted molar refractivity (Wildman–Crippen MR) is 180 cm³/mol. The molecule has 3 heterocycles. The van der Waals surface area contributed by atoms with Crippen molar-refractivity contribution in [1.29, 1.82) is 0 Å². The van der Waals surface area contributed by atoms with Crippen LogP contribution in [-0.4, -0.2) is 27.2 Å². The van der Waals surface area contributed by atoms with Crippen LogP contribution >= 0.6 is 11.8 Å². The Bertz CT molecular complexity index is 2500. The lowest BCUT2D eigenvalue weighted by molar-refractivity contribution is -0.424. The van der Waals surface area contributed by atoms with Gasteiger partial charge in [0.05, 0.1) is 22.0 Å². The van der Waals surface area contributed by atoms with E-state index in [-0.39, 0.29) is 62.6 Å². The van der Waals surface area contributed by atoms with Gasteiger partial charge in [-0.05, 0) is 82.2 Å². The summed E-state index contributed by atoms with van der Waals surface area (Å²) in [7, 11) is 2.10. The zero-order valence-corrected chi connectivity index (χ0v) is 25.0. The summed E-state index contributed by atoms with van der Waals surface area (Å²) in [6.07, 6.45) is 4.33. The Labute approximate surface area is 263 Å². The van der Waals surface area contributed by atoms with E-state index in [4.69, 9.17) is 11.0 Å². The minimum Gasteiger partial charge on any atom is -0.309 e. The van der Waals surface area contributed by atoms with Crippen LogP contribution in [-0.2, 0) is 5.41 Å². The number of nitrogens with zero attached hydrogens (tertiary/aromatic N) is 2. The number of rotatable bonds is 2. The number of para-hydroxylation sites is 2. The highest BCUT2D eigenvalue weighted by atomic mass is 32.2. The largest absolute Gasteiger partial charge is 0.309 e. The molecule has 0 aliphatic carbocycles. The van der Waals surface area contributed by atoms with Crippen LogP contribution in [0.1, 0.15) is 59.9 Å². The van der Waals surface area contributed by atoms with Gasteiger partial charge in [0.25, 0.3) is 0 Å². The first-order chi connectivity index (χ1) is 23.6. The highest BCUT2D eigenvalue weighted by Gasteiger charge is 2.43. The Hall–Kier alpha value is -4.08. The molecule has 8 rings (SSSR count). The molecule has 1 aromatic heterocycles. The maximum Gasteiger partial charge on any atom is 0.203 e. The van der Waals surface area contributed by atoms with Gasteiger partial charge in [-0.3, -0.25) is 0 Å². The van der Waals surface area contributed by atoms with Crippen LogP contribution in [0, 0.1) is 6.92 Å². The summed E-state index contributed by atoms with van der Waals surface area (Å²) >= 11 is 1.80. The Morgan fingerprint density at radius 2 is 1.50 bits per heavy atom. The number of aryl methyl sites for hydroxylation is 1. The summed E-state index contributed by atoms with van der Waals surface area (Å²) in [6, 6.07) is 13.9. The van der Waals surface area contributed by atoms with Crippen molar-refractivity contribution >= 4 is 50.1 Å². The van der Waals surface area contributed by atoms with Gasteiger partial charge in [0.15, 0.2) is 6.20 Å². The second-order valence-electron chi connectivity index (χ2n) is 12.3. The van der Waals surface area contributed by atoms with Gasteiger partial charge >= 0.3 is 0 Å². The van der Waals surface area contributed by atoms with Gasteiger partial charge in [0, 0.05) is 32.8 Å². The van der Waals surface area contributed by atoms with Crippen LogP contribution in [0.4, 0.5) is 0 Å². The first-order valence-corrected chi connectivity index (χ1v) is 15.1. The van der Waals surface area contributed by atoms with E-state index in [9.17, 15) is 0 Å². The number of allylic oxidation sites excluding steroid dienone is 1. The van der Waals surface area contributed by atoms with Crippen molar-refractivity contribution in [3.63, 3.8) is 0 Å². The van der Waals surface area contributed by atoms with Crippen molar-refractivity contribution in [2.24, 2.45) is 0 Å². The molecule has 3 heteroatoms. The SMILES string of the molecule is [2H]c1c([2H])c([2H])c2c(c1[2H])c1c([2H])c([2H])c([2H])c([2H])c1n2-c1ccc2c(c1)C1C=C[N+](C)=C(c3cc(C(C)(C)C)c4ccccc4c3C)C1S2. The van der Waals surface area contributed by atoms with Crippen molar-refractivity contribution in [3.8, 4) is 5.69 Å². The summed E-state index contributed by atoms with van der Waals surface area (Å²) in [5, 5.41) is 2.74. The first kappa shape index (κ1) is 18.5. The lowest BCUT2D eigenvalue weighted by Crippen LogP contribution is -2.32. The molecule has 5 aromatic carbocycles. The molecule has 2 unspecified atom stereocenters. The fraction of sp³-hybridized carbons (Fsp3) is 0.205. The summed E-state index contributed by atoms with van der Waals surface area (Å²) in [5.74, 6) is 0.000717. The number of thioether (sulfide) groups is 1. The van der Waals surface area contributed by atoms with Gasteiger partial charge in [-0.2, -0.15) is 0 Å². The Morgan fingerprint density at radius 1 is 0.833 bits per heavy atom. The normalized spacial score (nSPS) is 21.0. The third kappa shape index (κ3) is 3.69. The standard InChI is InChI=1S/C39H35N2S/c1-24-26-12-6-7-13-27(26)33(39(2,3)4)23-31(24)37-38-30(20-21-40(37)5)32-22-25(18-19-36(32)42-38)41-34-16-10-8-14-28(34)29-15-9-11-17-35(29)41/h6-23,30,38H,1-5H3/q+1/i8D,9D,10D,11D,14D,15D,16D,17D. The molecule has 206 valence electrons. The summed E-state index contributed by atoms with van der Waals surface area (Å²) in [4.78, 5) is 1.10. The summed E-state index contributed by atoms with van der Waals surface area (Å²) in [5.41, 5.74) is 6.79. The van der Waals surface area contributed by atoms with Crippen molar-refractivity contribution < 1.29 is 15.5 Å². The Balaban J connectivity index is 1.35. The van der Waals surface area contributed by atoms with E-state index in [1.54, 1.807) is 16.3 Å². The van der Waals surface area contributed by atoms with Crippen LogP contribution in [0.5, 0.6) is 0 Å². The topological polar surface area (TPSA) is 7.94 Å². The van der Waals surface area contributed by atoms with Crippen LogP contribution in [0.15, 0.2) is 114 Å². The fourth-order valence-electron chi connectivity index (χ4n) is 6.78. The van der Waals surface area contributed by atoms with E-state index in [2.05, 4.69) is 81.9 Å². The Morgan fingerprint density at radius 3 is 2.19 bits per heavy atom. The van der Waals surface area contributed by atoms with Gasteiger partial charge in [0.1, 0.15) is 12.3 Å². The molecule has 0 amide bonds. The average Bonchev–Trinajstić information content (AvgIpc) is 3.64. The van der Waals surface area contributed by atoms with Crippen LogP contribution in [0.3, 0.4) is 0 Å². The minimum absolute atomic E-state index is 0.000717. The van der Waals surface area contributed by atoms with Crippen molar-refractivity contribution in [2.45, 2.75) is 49.2 Å². The molecule has 2 aliphatic heterocycles. The zero-order chi connectivity index (χ0) is 35.7. The van der Waals surface area contributed by atoms with Gasteiger partial charge in [0.2, 0.25) is 5.71 Å². The molecule has 2 aliphatic rings. The van der Waals surface area contributed by atoms with E-state index in [1.165, 1.54) is 33.2 Å².